The number of nitrogens with zero attached hydrogens (tertiary/aromatic N) is 3. The van der Waals surface area contributed by atoms with Gasteiger partial charge in [0.1, 0.15) is 0 Å². The second kappa shape index (κ2) is 5.65. The van der Waals surface area contributed by atoms with Crippen LogP contribution in [-0.4, -0.2) is 15.0 Å². The van der Waals surface area contributed by atoms with Gasteiger partial charge in [-0.05, 0) is 26.7 Å². The fourth-order valence-electron chi connectivity index (χ4n) is 2.86. The molecule has 1 fully saturated rings. The second-order valence-corrected chi connectivity index (χ2v) is 5.78. The molecule has 1 aromatic heterocycles. The van der Waals surface area contributed by atoms with Gasteiger partial charge in [0.15, 0.2) is 0 Å². The number of aromatic nitrogens is 3. The highest BCUT2D eigenvalue weighted by Crippen LogP contribution is 2.30. The van der Waals surface area contributed by atoms with Gasteiger partial charge in [0.2, 0.25) is 0 Å². The molecule has 0 N–H and O–H groups in total. The zero-order chi connectivity index (χ0) is 12.1. The standard InChI is InChI=1S/C14H25N3/c1-13-12-17(16-15-13)14(2)10-8-6-4-3-5-7-9-11-14/h12H,3-11H2,1-2H3. The van der Waals surface area contributed by atoms with Crippen molar-refractivity contribution in [1.82, 2.24) is 15.0 Å². The highest BCUT2D eigenvalue weighted by atomic mass is 15.4. The van der Waals surface area contributed by atoms with E-state index in [1.807, 2.05) is 6.92 Å². The Bertz CT molecular complexity index is 333. The lowest BCUT2D eigenvalue weighted by Gasteiger charge is -2.30. The Morgan fingerprint density at radius 1 is 1.00 bits per heavy atom. The van der Waals surface area contributed by atoms with E-state index in [1.54, 1.807) is 0 Å². The predicted octanol–water partition coefficient (Wildman–Crippen LogP) is 3.83. The SMILES string of the molecule is Cc1cn(C2(C)CCCCCCCCC2)nn1. The van der Waals surface area contributed by atoms with Gasteiger partial charge in [0.05, 0.1) is 11.2 Å². The van der Waals surface area contributed by atoms with Crippen molar-refractivity contribution in [2.24, 2.45) is 0 Å². The van der Waals surface area contributed by atoms with Crippen molar-refractivity contribution < 1.29 is 0 Å². The molecule has 3 heteroatoms. The van der Waals surface area contributed by atoms with Crippen LogP contribution < -0.4 is 0 Å². The molecule has 1 heterocycles. The molecule has 0 radical (unpaired) electrons. The molecule has 0 bridgehead atoms. The molecule has 0 aromatic carbocycles. The van der Waals surface area contributed by atoms with Crippen molar-refractivity contribution in [3.05, 3.63) is 11.9 Å². The third-order valence-electron chi connectivity index (χ3n) is 4.09. The largest absolute Gasteiger partial charge is 0.246 e. The van der Waals surface area contributed by atoms with Crippen LogP contribution in [0.5, 0.6) is 0 Å². The molecular formula is C14H25N3. The normalized spacial score (nSPS) is 22.2. The Morgan fingerprint density at radius 2 is 1.53 bits per heavy atom. The van der Waals surface area contributed by atoms with E-state index >= 15 is 0 Å². The van der Waals surface area contributed by atoms with Gasteiger partial charge in [-0.1, -0.05) is 50.2 Å². The zero-order valence-corrected chi connectivity index (χ0v) is 11.3. The molecule has 1 aliphatic rings. The predicted molar refractivity (Wildman–Crippen MR) is 70.0 cm³/mol. The van der Waals surface area contributed by atoms with Gasteiger partial charge in [0, 0.05) is 6.20 Å². The lowest BCUT2D eigenvalue weighted by atomic mass is 9.87. The van der Waals surface area contributed by atoms with Crippen LogP contribution in [0, 0.1) is 6.92 Å². The Hall–Kier alpha value is -0.860. The first-order valence-corrected chi connectivity index (χ1v) is 7.10. The maximum atomic E-state index is 4.30. The van der Waals surface area contributed by atoms with Crippen LogP contribution in [0.1, 0.15) is 70.4 Å². The van der Waals surface area contributed by atoms with E-state index in [4.69, 9.17) is 0 Å². The summed E-state index contributed by atoms with van der Waals surface area (Å²) in [7, 11) is 0. The smallest absolute Gasteiger partial charge is 0.0796 e. The number of rotatable bonds is 1. The summed E-state index contributed by atoms with van der Waals surface area (Å²) in [6, 6.07) is 0. The number of hydrogen-bond acceptors (Lipinski definition) is 2. The van der Waals surface area contributed by atoms with Gasteiger partial charge < -0.3 is 0 Å². The Morgan fingerprint density at radius 3 is 2.00 bits per heavy atom. The quantitative estimate of drug-likeness (QED) is 0.740. The van der Waals surface area contributed by atoms with E-state index in [0.717, 1.165) is 5.69 Å². The molecule has 0 saturated heterocycles. The van der Waals surface area contributed by atoms with Crippen LogP contribution in [-0.2, 0) is 5.54 Å². The maximum Gasteiger partial charge on any atom is 0.0796 e. The third kappa shape index (κ3) is 3.30. The van der Waals surface area contributed by atoms with Crippen LogP contribution in [0.2, 0.25) is 0 Å². The maximum absolute atomic E-state index is 4.30. The minimum absolute atomic E-state index is 0.193. The molecule has 0 unspecified atom stereocenters. The topological polar surface area (TPSA) is 30.7 Å². The summed E-state index contributed by atoms with van der Waals surface area (Å²) in [5, 5.41) is 8.45. The molecule has 1 aliphatic carbocycles. The minimum atomic E-state index is 0.193. The Labute approximate surface area is 105 Å². The Balaban J connectivity index is 2.07. The van der Waals surface area contributed by atoms with Gasteiger partial charge in [-0.3, -0.25) is 0 Å². The number of hydrogen-bond donors (Lipinski definition) is 0. The zero-order valence-electron chi connectivity index (χ0n) is 11.3. The fraction of sp³-hybridized carbons (Fsp3) is 0.857. The summed E-state index contributed by atoms with van der Waals surface area (Å²) in [6.07, 6.45) is 14.3. The summed E-state index contributed by atoms with van der Waals surface area (Å²) in [6.45, 7) is 4.37. The van der Waals surface area contributed by atoms with Crippen LogP contribution in [0.25, 0.3) is 0 Å². The van der Waals surface area contributed by atoms with Crippen LogP contribution >= 0.6 is 0 Å². The molecule has 1 saturated carbocycles. The monoisotopic (exact) mass is 235 g/mol. The molecule has 0 atom stereocenters. The highest BCUT2D eigenvalue weighted by Gasteiger charge is 2.27. The summed E-state index contributed by atoms with van der Waals surface area (Å²) < 4.78 is 2.12. The lowest BCUT2D eigenvalue weighted by Crippen LogP contribution is -2.31. The molecule has 0 spiro atoms. The first kappa shape index (κ1) is 12.6. The van der Waals surface area contributed by atoms with Crippen molar-refractivity contribution in [1.29, 1.82) is 0 Å². The van der Waals surface area contributed by atoms with Crippen LogP contribution in [0.15, 0.2) is 6.20 Å². The molecule has 2 rings (SSSR count). The molecular weight excluding hydrogens is 210 g/mol. The van der Waals surface area contributed by atoms with Crippen molar-refractivity contribution in [2.75, 3.05) is 0 Å². The number of aryl methyl sites for hydroxylation is 1. The van der Waals surface area contributed by atoms with Gasteiger partial charge >= 0.3 is 0 Å². The first-order chi connectivity index (χ1) is 8.21. The third-order valence-corrected chi connectivity index (χ3v) is 4.09. The van der Waals surface area contributed by atoms with Crippen LogP contribution in [0.3, 0.4) is 0 Å². The van der Waals surface area contributed by atoms with E-state index in [-0.39, 0.29) is 5.54 Å². The minimum Gasteiger partial charge on any atom is -0.246 e. The molecule has 3 nitrogen and oxygen atoms in total. The van der Waals surface area contributed by atoms with Crippen molar-refractivity contribution in [2.45, 2.75) is 77.2 Å². The van der Waals surface area contributed by atoms with Gasteiger partial charge in [0.25, 0.3) is 0 Å². The van der Waals surface area contributed by atoms with E-state index in [0.29, 0.717) is 0 Å². The van der Waals surface area contributed by atoms with Gasteiger partial charge in [-0.25, -0.2) is 4.68 Å². The molecule has 0 amide bonds. The van der Waals surface area contributed by atoms with Crippen molar-refractivity contribution >= 4 is 0 Å². The van der Waals surface area contributed by atoms with E-state index in [9.17, 15) is 0 Å². The summed E-state index contributed by atoms with van der Waals surface area (Å²) in [4.78, 5) is 0. The van der Waals surface area contributed by atoms with Crippen molar-refractivity contribution in [3.63, 3.8) is 0 Å². The highest BCUT2D eigenvalue weighted by molar-refractivity contribution is 4.92. The second-order valence-electron chi connectivity index (χ2n) is 5.78. The molecule has 0 aliphatic heterocycles. The van der Waals surface area contributed by atoms with Crippen LogP contribution in [0.4, 0.5) is 0 Å². The average Bonchev–Trinajstić information content (AvgIpc) is 2.75. The summed E-state index contributed by atoms with van der Waals surface area (Å²) in [5.41, 5.74) is 1.22. The van der Waals surface area contributed by atoms with Crippen molar-refractivity contribution in [3.8, 4) is 0 Å². The lowest BCUT2D eigenvalue weighted by molar-refractivity contribution is 0.218. The van der Waals surface area contributed by atoms with E-state index < -0.39 is 0 Å². The molecule has 1 aromatic rings. The fourth-order valence-corrected chi connectivity index (χ4v) is 2.86. The van der Waals surface area contributed by atoms with E-state index in [2.05, 4.69) is 28.1 Å². The van der Waals surface area contributed by atoms with Gasteiger partial charge in [-0.2, -0.15) is 0 Å². The Kier molecular flexibility index (Phi) is 4.19. The summed E-state index contributed by atoms with van der Waals surface area (Å²) in [5.74, 6) is 0. The molecule has 17 heavy (non-hydrogen) atoms. The molecule has 96 valence electrons. The first-order valence-electron chi connectivity index (χ1n) is 7.10. The summed E-state index contributed by atoms with van der Waals surface area (Å²) >= 11 is 0. The average molecular weight is 235 g/mol. The van der Waals surface area contributed by atoms with E-state index in [1.165, 1.54) is 57.8 Å². The van der Waals surface area contributed by atoms with Gasteiger partial charge in [-0.15, -0.1) is 5.10 Å².